The molecule has 1 aromatic rings. The molecule has 0 aliphatic carbocycles. The van der Waals surface area contributed by atoms with Gasteiger partial charge in [-0.25, -0.2) is 4.79 Å². The zero-order chi connectivity index (χ0) is 14.8. The van der Waals surface area contributed by atoms with Crippen molar-refractivity contribution in [3.8, 4) is 0 Å². The van der Waals surface area contributed by atoms with Crippen LogP contribution in [0.25, 0.3) is 0 Å². The fraction of sp³-hybridized carbons (Fsp3) is 0.533. The number of hydrogen-bond acceptors (Lipinski definition) is 3. The molecule has 1 aromatic carbocycles. The van der Waals surface area contributed by atoms with Crippen LogP contribution in [0.4, 0.5) is 4.79 Å². The van der Waals surface area contributed by atoms with Crippen LogP contribution in [0.5, 0.6) is 0 Å². The van der Waals surface area contributed by atoms with E-state index in [0.717, 1.165) is 10.0 Å². The summed E-state index contributed by atoms with van der Waals surface area (Å²) in [6.45, 7) is 7.26. The first kappa shape index (κ1) is 15.3. The van der Waals surface area contributed by atoms with E-state index in [4.69, 9.17) is 9.47 Å². The lowest BCUT2D eigenvalue weighted by atomic mass is 9.94. The Morgan fingerprint density at radius 3 is 2.95 bits per heavy atom. The smallest absolute Gasteiger partial charge is 0.407 e. The molecule has 0 bridgehead atoms. The van der Waals surface area contributed by atoms with Crippen LogP contribution in [-0.2, 0) is 16.1 Å². The Hall–Kier alpha value is -1.07. The number of ether oxygens (including phenoxy) is 2. The number of hydrogen-bond donors (Lipinski definition) is 1. The third-order valence-corrected chi connectivity index (χ3v) is 3.80. The topological polar surface area (TPSA) is 47.6 Å². The molecular formula is C15H20BrNO3. The number of nitrogens with one attached hydrogen (secondary N) is 1. The molecule has 0 aromatic heterocycles. The second-order valence-corrected chi connectivity index (χ2v) is 6.85. The van der Waals surface area contributed by atoms with Gasteiger partial charge in [-0.3, -0.25) is 0 Å². The molecule has 2 rings (SSSR count). The predicted octanol–water partition coefficient (Wildman–Crippen LogP) is 3.59. The summed E-state index contributed by atoms with van der Waals surface area (Å²) in [5.41, 5.74) is 2.04. The molecule has 0 fully saturated rings. The van der Waals surface area contributed by atoms with E-state index in [0.29, 0.717) is 19.8 Å². The highest BCUT2D eigenvalue weighted by Crippen LogP contribution is 2.31. The lowest BCUT2D eigenvalue weighted by Crippen LogP contribution is -2.41. The van der Waals surface area contributed by atoms with Gasteiger partial charge in [-0.2, -0.15) is 0 Å². The van der Waals surface area contributed by atoms with Crippen LogP contribution in [0, 0.1) is 0 Å². The van der Waals surface area contributed by atoms with Crippen LogP contribution in [0.15, 0.2) is 22.7 Å². The molecule has 4 nitrogen and oxygen atoms in total. The van der Waals surface area contributed by atoms with Gasteiger partial charge in [-0.1, -0.05) is 28.1 Å². The summed E-state index contributed by atoms with van der Waals surface area (Å²) in [7, 11) is 0. The van der Waals surface area contributed by atoms with Crippen LogP contribution in [0.2, 0.25) is 0 Å². The molecule has 110 valence electrons. The van der Waals surface area contributed by atoms with E-state index in [1.807, 2.05) is 32.9 Å². The van der Waals surface area contributed by atoms with Gasteiger partial charge in [0.25, 0.3) is 0 Å². The highest BCUT2D eigenvalue weighted by atomic mass is 79.9. The first-order chi connectivity index (χ1) is 9.37. The van der Waals surface area contributed by atoms with E-state index < -0.39 is 0 Å². The number of amides is 1. The van der Waals surface area contributed by atoms with E-state index in [1.54, 1.807) is 0 Å². The van der Waals surface area contributed by atoms with Gasteiger partial charge in [0.1, 0.15) is 6.61 Å². The molecule has 5 heteroatoms. The molecule has 1 amide bonds. The number of rotatable bonds is 2. The van der Waals surface area contributed by atoms with Crippen LogP contribution in [0.3, 0.4) is 0 Å². The van der Waals surface area contributed by atoms with Crippen molar-refractivity contribution >= 4 is 22.0 Å². The fourth-order valence-corrected chi connectivity index (χ4v) is 2.66. The van der Waals surface area contributed by atoms with Crippen molar-refractivity contribution in [2.24, 2.45) is 0 Å². The molecule has 1 aliphatic rings. The number of benzene rings is 1. The first-order valence-electron chi connectivity index (χ1n) is 6.67. The van der Waals surface area contributed by atoms with Gasteiger partial charge in [0.2, 0.25) is 0 Å². The maximum absolute atomic E-state index is 11.7. The van der Waals surface area contributed by atoms with Gasteiger partial charge >= 0.3 is 6.09 Å². The lowest BCUT2D eigenvalue weighted by Gasteiger charge is -2.27. The van der Waals surface area contributed by atoms with Crippen LogP contribution in [0.1, 0.15) is 37.8 Å². The Morgan fingerprint density at radius 2 is 2.25 bits per heavy atom. The van der Waals surface area contributed by atoms with Gasteiger partial charge in [-0.05, 0) is 38.0 Å². The van der Waals surface area contributed by atoms with Crippen molar-refractivity contribution in [1.29, 1.82) is 0 Å². The number of carbonyl (C=O) groups is 1. The SMILES string of the molecule is CC(C)(C)NC(=O)OCC1COCc2c(Br)cccc21. The fourth-order valence-electron chi connectivity index (χ4n) is 2.16. The first-order valence-corrected chi connectivity index (χ1v) is 7.46. The Kier molecular flexibility index (Phi) is 4.70. The van der Waals surface area contributed by atoms with Gasteiger partial charge in [0.15, 0.2) is 0 Å². The van der Waals surface area contributed by atoms with E-state index in [9.17, 15) is 4.79 Å². The number of alkyl carbamates (subject to hydrolysis) is 1. The number of fused-ring (bicyclic) bond motifs is 1. The molecule has 0 radical (unpaired) electrons. The quantitative estimate of drug-likeness (QED) is 0.894. The van der Waals surface area contributed by atoms with E-state index >= 15 is 0 Å². The minimum atomic E-state index is -0.389. The summed E-state index contributed by atoms with van der Waals surface area (Å²) in [5, 5.41) is 2.78. The predicted molar refractivity (Wildman–Crippen MR) is 80.8 cm³/mol. The zero-order valence-corrected chi connectivity index (χ0v) is 13.6. The highest BCUT2D eigenvalue weighted by molar-refractivity contribution is 9.10. The van der Waals surface area contributed by atoms with E-state index in [2.05, 4.69) is 27.3 Å². The summed E-state index contributed by atoms with van der Waals surface area (Å²) in [6.07, 6.45) is -0.389. The molecule has 0 saturated carbocycles. The van der Waals surface area contributed by atoms with Crippen molar-refractivity contribution in [3.05, 3.63) is 33.8 Å². The summed E-state index contributed by atoms with van der Waals surface area (Å²) in [6, 6.07) is 6.06. The van der Waals surface area contributed by atoms with Crippen LogP contribution in [-0.4, -0.2) is 24.8 Å². The number of halogens is 1. The molecule has 20 heavy (non-hydrogen) atoms. The molecular weight excluding hydrogens is 322 g/mol. The Bertz CT molecular complexity index is 496. The van der Waals surface area contributed by atoms with Crippen molar-refractivity contribution < 1.29 is 14.3 Å². The van der Waals surface area contributed by atoms with E-state index in [1.165, 1.54) is 5.56 Å². The molecule has 0 saturated heterocycles. The molecule has 0 spiro atoms. The van der Waals surface area contributed by atoms with Crippen LogP contribution < -0.4 is 5.32 Å². The summed E-state index contributed by atoms with van der Waals surface area (Å²) < 4.78 is 11.9. The van der Waals surface area contributed by atoms with Gasteiger partial charge in [0.05, 0.1) is 13.2 Å². The van der Waals surface area contributed by atoms with E-state index in [-0.39, 0.29) is 17.6 Å². The van der Waals surface area contributed by atoms with Gasteiger partial charge in [-0.15, -0.1) is 0 Å². The Morgan fingerprint density at radius 1 is 1.50 bits per heavy atom. The Labute approximate surface area is 128 Å². The third-order valence-electron chi connectivity index (χ3n) is 3.05. The molecule has 1 heterocycles. The highest BCUT2D eigenvalue weighted by Gasteiger charge is 2.24. The second-order valence-electron chi connectivity index (χ2n) is 5.99. The van der Waals surface area contributed by atoms with Crippen molar-refractivity contribution in [3.63, 3.8) is 0 Å². The Balaban J connectivity index is 1.99. The van der Waals surface area contributed by atoms with Crippen molar-refractivity contribution in [2.75, 3.05) is 13.2 Å². The van der Waals surface area contributed by atoms with Crippen molar-refractivity contribution in [2.45, 2.75) is 38.8 Å². The average molecular weight is 342 g/mol. The molecule has 1 atom stereocenters. The van der Waals surface area contributed by atoms with Crippen molar-refractivity contribution in [1.82, 2.24) is 5.32 Å². The molecule has 1 aliphatic heterocycles. The minimum absolute atomic E-state index is 0.0852. The zero-order valence-electron chi connectivity index (χ0n) is 12.0. The molecule has 1 N–H and O–H groups in total. The van der Waals surface area contributed by atoms with Gasteiger partial charge in [0, 0.05) is 15.9 Å². The number of carbonyl (C=O) groups excluding carboxylic acids is 1. The average Bonchev–Trinajstić information content (AvgIpc) is 2.35. The maximum Gasteiger partial charge on any atom is 0.407 e. The summed E-state index contributed by atoms with van der Waals surface area (Å²) in [5.74, 6) is 0.0852. The maximum atomic E-state index is 11.7. The molecule has 1 unspecified atom stereocenters. The lowest BCUT2D eigenvalue weighted by molar-refractivity contribution is 0.0613. The largest absolute Gasteiger partial charge is 0.449 e. The van der Waals surface area contributed by atoms with Gasteiger partial charge < -0.3 is 14.8 Å². The second kappa shape index (κ2) is 6.14. The standard InChI is InChI=1S/C15H20BrNO3/c1-15(2,3)17-14(18)20-8-10-7-19-9-12-11(10)5-4-6-13(12)16/h4-6,10H,7-9H2,1-3H3,(H,17,18). The summed E-state index contributed by atoms with van der Waals surface area (Å²) >= 11 is 3.53. The monoisotopic (exact) mass is 341 g/mol. The summed E-state index contributed by atoms with van der Waals surface area (Å²) in [4.78, 5) is 11.7. The van der Waals surface area contributed by atoms with Crippen LogP contribution >= 0.6 is 15.9 Å². The normalized spacial score (nSPS) is 18.3. The minimum Gasteiger partial charge on any atom is -0.449 e. The third kappa shape index (κ3) is 3.96.